The summed E-state index contributed by atoms with van der Waals surface area (Å²) < 4.78 is 18.8. The van der Waals surface area contributed by atoms with Crippen molar-refractivity contribution in [2.75, 3.05) is 11.9 Å². The normalized spacial score (nSPS) is 21.6. The zero-order chi connectivity index (χ0) is 20.6. The van der Waals surface area contributed by atoms with E-state index in [1.165, 1.54) is 12.1 Å². The number of hydrogen-bond donors (Lipinski definition) is 2. The molecule has 0 spiro atoms. The van der Waals surface area contributed by atoms with Crippen LogP contribution < -0.4 is 15.4 Å². The fraction of sp³-hybridized carbons (Fsp3) is 0.364. The van der Waals surface area contributed by atoms with Crippen molar-refractivity contribution in [3.8, 4) is 5.75 Å². The molecule has 5 nitrogen and oxygen atoms in total. The molecule has 0 saturated heterocycles. The lowest BCUT2D eigenvalue weighted by atomic mass is 9.44. The van der Waals surface area contributed by atoms with Crippen molar-refractivity contribution in [3.05, 3.63) is 58.4 Å². The molecule has 0 heterocycles. The number of carbonyl (C=O) groups is 2. The van der Waals surface area contributed by atoms with Gasteiger partial charge in [-0.25, -0.2) is 4.39 Å². The molecule has 0 atom stereocenters. The van der Waals surface area contributed by atoms with Gasteiger partial charge in [0.05, 0.1) is 5.02 Å². The Morgan fingerprint density at radius 1 is 1.24 bits per heavy atom. The Bertz CT molecular complexity index is 962. The Hall–Kier alpha value is -2.60. The molecule has 3 aliphatic carbocycles. The summed E-state index contributed by atoms with van der Waals surface area (Å²) in [6, 6.07) is 9.66. The highest BCUT2D eigenvalue weighted by Gasteiger charge is 2.61. The number of halogens is 2. The third-order valence-electron chi connectivity index (χ3n) is 5.84. The number of ether oxygens (including phenoxy) is 1. The summed E-state index contributed by atoms with van der Waals surface area (Å²) in [5.41, 5.74) is 2.23. The SMILES string of the molecule is Cc1cccc(CNC(=O)C23CC(C2)C3)c1NC(=O)COc1ccc(Cl)c(F)c1. The Morgan fingerprint density at radius 3 is 2.66 bits per heavy atom. The minimum Gasteiger partial charge on any atom is -0.484 e. The molecule has 2 amide bonds. The maximum absolute atomic E-state index is 13.5. The van der Waals surface area contributed by atoms with Gasteiger partial charge in [0, 0.05) is 23.7 Å². The van der Waals surface area contributed by atoms with Gasteiger partial charge >= 0.3 is 0 Å². The highest BCUT2D eigenvalue weighted by molar-refractivity contribution is 6.30. The van der Waals surface area contributed by atoms with Crippen molar-refractivity contribution in [1.29, 1.82) is 0 Å². The Morgan fingerprint density at radius 2 is 2.00 bits per heavy atom. The van der Waals surface area contributed by atoms with E-state index in [9.17, 15) is 14.0 Å². The molecule has 0 radical (unpaired) electrons. The molecule has 3 saturated carbocycles. The molecule has 5 rings (SSSR count). The first-order valence-corrected chi connectivity index (χ1v) is 9.99. The molecule has 2 N–H and O–H groups in total. The zero-order valence-corrected chi connectivity index (χ0v) is 16.8. The highest BCUT2D eigenvalue weighted by Crippen LogP contribution is 2.64. The first kappa shape index (κ1) is 19.7. The van der Waals surface area contributed by atoms with E-state index in [0.29, 0.717) is 12.2 Å². The van der Waals surface area contributed by atoms with Crippen LogP contribution in [-0.4, -0.2) is 18.4 Å². The number of amides is 2. The fourth-order valence-electron chi connectivity index (χ4n) is 4.07. The van der Waals surface area contributed by atoms with Gasteiger partial charge in [-0.15, -0.1) is 0 Å². The molecule has 3 fully saturated rings. The van der Waals surface area contributed by atoms with E-state index in [1.807, 2.05) is 25.1 Å². The van der Waals surface area contributed by atoms with E-state index in [4.69, 9.17) is 16.3 Å². The van der Waals surface area contributed by atoms with E-state index in [-0.39, 0.29) is 34.6 Å². The number of nitrogens with one attached hydrogen (secondary N) is 2. The number of aryl methyl sites for hydroxylation is 1. The van der Waals surface area contributed by atoms with Crippen LogP contribution in [0.1, 0.15) is 30.4 Å². The molecule has 2 bridgehead atoms. The molecular formula is C22H22ClFN2O3. The van der Waals surface area contributed by atoms with Gasteiger partial charge in [-0.3, -0.25) is 9.59 Å². The molecule has 7 heteroatoms. The third-order valence-corrected chi connectivity index (χ3v) is 6.15. The zero-order valence-electron chi connectivity index (χ0n) is 16.1. The average Bonchev–Trinajstić information content (AvgIpc) is 2.60. The summed E-state index contributed by atoms with van der Waals surface area (Å²) in [4.78, 5) is 24.8. The van der Waals surface area contributed by atoms with Crippen molar-refractivity contribution in [3.63, 3.8) is 0 Å². The van der Waals surface area contributed by atoms with Gasteiger partial charge in [0.15, 0.2) is 6.61 Å². The van der Waals surface area contributed by atoms with Gasteiger partial charge in [0.2, 0.25) is 5.91 Å². The molecule has 2 aromatic rings. The van der Waals surface area contributed by atoms with Crippen molar-refractivity contribution in [2.45, 2.75) is 32.7 Å². The molecule has 29 heavy (non-hydrogen) atoms. The van der Waals surface area contributed by atoms with Gasteiger partial charge in [-0.1, -0.05) is 29.8 Å². The summed E-state index contributed by atoms with van der Waals surface area (Å²) in [5.74, 6) is 0.0836. The van der Waals surface area contributed by atoms with Gasteiger partial charge in [-0.05, 0) is 55.4 Å². The molecular weight excluding hydrogens is 395 g/mol. The number of rotatable bonds is 7. The van der Waals surface area contributed by atoms with E-state index in [0.717, 1.165) is 42.4 Å². The Labute approximate surface area is 173 Å². The summed E-state index contributed by atoms with van der Waals surface area (Å²) in [5, 5.41) is 5.85. The third kappa shape index (κ3) is 3.94. The molecule has 3 aliphatic rings. The van der Waals surface area contributed by atoms with E-state index in [1.54, 1.807) is 0 Å². The van der Waals surface area contributed by atoms with Gasteiger partial charge in [-0.2, -0.15) is 0 Å². The maximum Gasteiger partial charge on any atom is 0.262 e. The second-order valence-corrected chi connectivity index (χ2v) is 8.37. The van der Waals surface area contributed by atoms with Crippen LogP contribution in [0.2, 0.25) is 5.02 Å². The van der Waals surface area contributed by atoms with E-state index >= 15 is 0 Å². The minimum atomic E-state index is -0.606. The van der Waals surface area contributed by atoms with Crippen molar-refractivity contribution >= 4 is 29.1 Å². The lowest BCUT2D eigenvalue weighted by Gasteiger charge is -2.60. The Balaban J connectivity index is 1.36. The van der Waals surface area contributed by atoms with Gasteiger partial charge < -0.3 is 15.4 Å². The lowest BCUT2D eigenvalue weighted by molar-refractivity contribution is -0.165. The predicted octanol–water partition coefficient (Wildman–Crippen LogP) is 4.22. The highest BCUT2D eigenvalue weighted by atomic mass is 35.5. The lowest BCUT2D eigenvalue weighted by Crippen LogP contribution is -2.60. The summed E-state index contributed by atoms with van der Waals surface area (Å²) in [7, 11) is 0. The maximum atomic E-state index is 13.5. The smallest absolute Gasteiger partial charge is 0.262 e. The van der Waals surface area contributed by atoms with Crippen molar-refractivity contribution in [1.82, 2.24) is 5.32 Å². The second-order valence-electron chi connectivity index (χ2n) is 7.96. The van der Waals surface area contributed by atoms with Gasteiger partial charge in [0.25, 0.3) is 5.91 Å². The van der Waals surface area contributed by atoms with Crippen LogP contribution in [0.25, 0.3) is 0 Å². The number of anilines is 1. The predicted molar refractivity (Wildman–Crippen MR) is 108 cm³/mol. The van der Waals surface area contributed by atoms with Crippen LogP contribution in [0.5, 0.6) is 5.75 Å². The van der Waals surface area contributed by atoms with Crippen LogP contribution in [-0.2, 0) is 16.1 Å². The largest absolute Gasteiger partial charge is 0.484 e. The van der Waals surface area contributed by atoms with Crippen LogP contribution in [0.15, 0.2) is 36.4 Å². The second kappa shape index (κ2) is 7.67. The average molecular weight is 417 g/mol. The van der Waals surface area contributed by atoms with Gasteiger partial charge in [0.1, 0.15) is 11.6 Å². The van der Waals surface area contributed by atoms with Crippen LogP contribution >= 0.6 is 11.6 Å². The molecule has 0 aromatic heterocycles. The number of para-hydroxylation sites is 1. The van der Waals surface area contributed by atoms with Crippen molar-refractivity contribution < 1.29 is 18.7 Å². The molecule has 0 unspecified atom stereocenters. The van der Waals surface area contributed by atoms with Crippen LogP contribution in [0.4, 0.5) is 10.1 Å². The quantitative estimate of drug-likeness (QED) is 0.710. The Kier molecular flexibility index (Phi) is 5.21. The van der Waals surface area contributed by atoms with Crippen molar-refractivity contribution in [2.24, 2.45) is 11.3 Å². The standard InChI is InChI=1S/C22H22ClFN2O3/c1-13-3-2-4-15(11-25-21(28)22-8-14(9-22)10-22)20(13)26-19(27)12-29-16-5-6-17(23)18(24)7-16/h2-7,14H,8-12H2,1H3,(H,25,28)(H,26,27). The first-order valence-electron chi connectivity index (χ1n) is 9.61. The minimum absolute atomic E-state index is 0.00716. The number of hydrogen-bond acceptors (Lipinski definition) is 3. The fourth-order valence-corrected chi connectivity index (χ4v) is 4.18. The monoisotopic (exact) mass is 416 g/mol. The molecule has 2 aromatic carbocycles. The molecule has 0 aliphatic heterocycles. The van der Waals surface area contributed by atoms with Crippen LogP contribution in [0.3, 0.4) is 0 Å². The first-order chi connectivity index (χ1) is 13.9. The summed E-state index contributed by atoms with van der Waals surface area (Å²) >= 11 is 5.64. The van der Waals surface area contributed by atoms with E-state index in [2.05, 4.69) is 10.6 Å². The number of carbonyl (C=O) groups excluding carboxylic acids is 2. The van der Waals surface area contributed by atoms with E-state index < -0.39 is 5.82 Å². The summed E-state index contributed by atoms with van der Waals surface area (Å²) in [6.45, 7) is 1.97. The number of benzene rings is 2. The summed E-state index contributed by atoms with van der Waals surface area (Å²) in [6.07, 6.45) is 3.00. The molecule has 152 valence electrons. The van der Waals surface area contributed by atoms with Crippen LogP contribution in [0, 0.1) is 24.1 Å². The topological polar surface area (TPSA) is 67.4 Å².